The number of methoxy groups -OCH3 is 1. The number of hydrogen-bond donors (Lipinski definition) is 0. The predicted octanol–water partition coefficient (Wildman–Crippen LogP) is 2.50. The first-order chi connectivity index (χ1) is 17.1. The number of morpholine rings is 1. The zero-order valence-electron chi connectivity index (χ0n) is 20.2. The van der Waals surface area contributed by atoms with Crippen molar-refractivity contribution in [3.8, 4) is 11.8 Å². The van der Waals surface area contributed by atoms with Gasteiger partial charge in [-0.3, -0.25) is 4.90 Å². The molecule has 0 spiro atoms. The van der Waals surface area contributed by atoms with E-state index in [1.807, 2.05) is 12.3 Å². The fourth-order valence-corrected chi connectivity index (χ4v) is 5.39. The van der Waals surface area contributed by atoms with Crippen molar-refractivity contribution in [1.82, 2.24) is 24.6 Å². The van der Waals surface area contributed by atoms with E-state index in [0.717, 1.165) is 67.1 Å². The number of alkyl halides is 1. The van der Waals surface area contributed by atoms with Crippen LogP contribution in [0.1, 0.15) is 23.5 Å². The lowest BCUT2D eigenvalue weighted by Crippen LogP contribution is -2.54. The minimum absolute atomic E-state index is 0.135. The van der Waals surface area contributed by atoms with E-state index in [0.29, 0.717) is 31.6 Å². The Balaban J connectivity index is 1.35. The number of aryl methyl sites for hydroxylation is 1. The lowest BCUT2D eigenvalue weighted by molar-refractivity contribution is -0.0807. The van der Waals surface area contributed by atoms with Gasteiger partial charge in [0.15, 0.2) is 5.82 Å². The average Bonchev–Trinajstić information content (AvgIpc) is 3.25. The Kier molecular flexibility index (Phi) is 6.03. The molecule has 35 heavy (non-hydrogen) atoms. The van der Waals surface area contributed by atoms with E-state index in [-0.39, 0.29) is 11.9 Å². The maximum atomic E-state index is 15.4. The minimum Gasteiger partial charge on any atom is -0.467 e. The first kappa shape index (κ1) is 22.6. The summed E-state index contributed by atoms with van der Waals surface area (Å²) in [6.45, 7) is 7.68. The van der Waals surface area contributed by atoms with Gasteiger partial charge >= 0.3 is 6.01 Å². The molecule has 9 nitrogen and oxygen atoms in total. The van der Waals surface area contributed by atoms with Gasteiger partial charge in [-0.2, -0.15) is 15.1 Å². The van der Waals surface area contributed by atoms with Gasteiger partial charge in [-0.1, -0.05) is 0 Å². The zero-order valence-corrected chi connectivity index (χ0v) is 20.2. The number of halogens is 1. The highest BCUT2D eigenvalue weighted by Gasteiger charge is 2.36. The van der Waals surface area contributed by atoms with Crippen LogP contribution in [0.2, 0.25) is 0 Å². The van der Waals surface area contributed by atoms with Crippen molar-refractivity contribution in [2.75, 3.05) is 64.6 Å². The van der Waals surface area contributed by atoms with E-state index in [9.17, 15) is 0 Å². The fraction of sp³-hybridized carbons (Fsp3) is 0.560. The summed E-state index contributed by atoms with van der Waals surface area (Å²) in [5.41, 5.74) is 3.05. The molecular weight excluding hydrogens is 451 g/mol. The number of ether oxygens (including phenoxy) is 3. The van der Waals surface area contributed by atoms with Crippen LogP contribution in [0.15, 0.2) is 24.4 Å². The quantitative estimate of drug-likeness (QED) is 0.549. The Hall–Kier alpha value is -2.82. The molecule has 0 N–H and O–H groups in total. The lowest BCUT2D eigenvalue weighted by atomic mass is 9.84. The van der Waals surface area contributed by atoms with E-state index in [1.54, 1.807) is 11.8 Å². The monoisotopic (exact) mass is 482 g/mol. The smallest absolute Gasteiger partial charge is 0.320 e. The van der Waals surface area contributed by atoms with Crippen LogP contribution in [0.4, 0.5) is 10.2 Å². The van der Waals surface area contributed by atoms with Crippen LogP contribution in [0.25, 0.3) is 16.7 Å². The van der Waals surface area contributed by atoms with Gasteiger partial charge in [-0.25, -0.2) is 9.07 Å². The maximum Gasteiger partial charge on any atom is 0.320 e. The Morgan fingerprint density at radius 2 is 1.83 bits per heavy atom. The zero-order chi connectivity index (χ0) is 23.9. The summed E-state index contributed by atoms with van der Waals surface area (Å²) >= 11 is 0. The standard InChI is InChI=1S/C25H31FN6O3/c1-16-9-17-12-27-32(24-11-23(28-25(29-24)33-2)30-5-7-34-8-6-30)22(17)10-20(16)19-3-4-31(13-21(19)26)18-14-35-15-18/h9-12,18-19,21H,3-8,13-15H2,1-2H3. The summed E-state index contributed by atoms with van der Waals surface area (Å²) in [5, 5.41) is 5.64. The highest BCUT2D eigenvalue weighted by atomic mass is 19.1. The lowest BCUT2D eigenvalue weighted by Gasteiger charge is -2.43. The normalized spacial score (nSPS) is 24.0. The van der Waals surface area contributed by atoms with Crippen molar-refractivity contribution in [1.29, 1.82) is 0 Å². The summed E-state index contributed by atoms with van der Waals surface area (Å²) in [5.74, 6) is 1.27. The molecule has 10 heteroatoms. The van der Waals surface area contributed by atoms with E-state index < -0.39 is 6.17 Å². The molecule has 3 aliphatic heterocycles. The van der Waals surface area contributed by atoms with Crippen LogP contribution in [0.3, 0.4) is 0 Å². The molecule has 3 saturated heterocycles. The number of anilines is 1. The second-order valence-electron chi connectivity index (χ2n) is 9.59. The molecule has 2 aromatic heterocycles. The van der Waals surface area contributed by atoms with Crippen molar-refractivity contribution in [3.05, 3.63) is 35.5 Å². The molecule has 0 bridgehead atoms. The SMILES string of the molecule is COc1nc(N2CCOCC2)cc(-n2ncc3cc(C)c(C4CCN(C5COC5)CC4F)cc32)n1. The second kappa shape index (κ2) is 9.33. The van der Waals surface area contributed by atoms with Crippen molar-refractivity contribution >= 4 is 16.7 Å². The molecule has 3 fully saturated rings. The molecule has 3 aliphatic rings. The van der Waals surface area contributed by atoms with Crippen LogP contribution < -0.4 is 9.64 Å². The van der Waals surface area contributed by atoms with E-state index in [4.69, 9.17) is 14.2 Å². The highest BCUT2D eigenvalue weighted by Crippen LogP contribution is 2.36. The van der Waals surface area contributed by atoms with Gasteiger partial charge < -0.3 is 19.1 Å². The third kappa shape index (κ3) is 4.23. The number of likely N-dealkylation sites (tertiary alicyclic amines) is 1. The number of aromatic nitrogens is 4. The molecule has 0 radical (unpaired) electrons. The molecule has 3 aromatic rings. The number of piperidine rings is 1. The van der Waals surface area contributed by atoms with Crippen molar-refractivity contribution in [2.45, 2.75) is 31.5 Å². The molecule has 0 amide bonds. The van der Waals surface area contributed by atoms with Crippen LogP contribution in [-0.4, -0.2) is 96.6 Å². The molecular formula is C25H31FN6O3. The summed E-state index contributed by atoms with van der Waals surface area (Å²) in [6, 6.07) is 6.79. The summed E-state index contributed by atoms with van der Waals surface area (Å²) in [4.78, 5) is 13.5. The van der Waals surface area contributed by atoms with Gasteiger partial charge in [0.25, 0.3) is 0 Å². The Morgan fingerprint density at radius 1 is 1.03 bits per heavy atom. The highest BCUT2D eigenvalue weighted by molar-refractivity contribution is 5.82. The molecule has 0 saturated carbocycles. The van der Waals surface area contributed by atoms with Gasteiger partial charge in [0.2, 0.25) is 0 Å². The van der Waals surface area contributed by atoms with Crippen LogP contribution in [0, 0.1) is 6.92 Å². The largest absolute Gasteiger partial charge is 0.467 e. The molecule has 5 heterocycles. The second-order valence-corrected chi connectivity index (χ2v) is 9.59. The molecule has 186 valence electrons. The van der Waals surface area contributed by atoms with Crippen molar-refractivity contribution in [3.63, 3.8) is 0 Å². The van der Waals surface area contributed by atoms with E-state index in [2.05, 4.69) is 43.9 Å². The van der Waals surface area contributed by atoms with Gasteiger partial charge in [-0.15, -0.1) is 0 Å². The van der Waals surface area contributed by atoms with Crippen LogP contribution in [-0.2, 0) is 9.47 Å². The molecule has 6 rings (SSSR count). The van der Waals surface area contributed by atoms with Crippen LogP contribution in [0.5, 0.6) is 6.01 Å². The topological polar surface area (TPSA) is 77.8 Å². The van der Waals surface area contributed by atoms with Gasteiger partial charge in [0.05, 0.1) is 51.3 Å². The Bertz CT molecular complexity index is 1210. The minimum atomic E-state index is -0.913. The number of rotatable bonds is 5. The molecule has 2 atom stereocenters. The summed E-state index contributed by atoms with van der Waals surface area (Å²) < 4.78 is 33.4. The van der Waals surface area contributed by atoms with E-state index >= 15 is 4.39 Å². The number of fused-ring (bicyclic) bond motifs is 1. The molecule has 2 unspecified atom stereocenters. The average molecular weight is 483 g/mol. The van der Waals surface area contributed by atoms with Gasteiger partial charge in [-0.05, 0) is 43.1 Å². The van der Waals surface area contributed by atoms with Gasteiger partial charge in [0.1, 0.15) is 12.0 Å². The number of benzene rings is 1. The summed E-state index contributed by atoms with van der Waals surface area (Å²) in [7, 11) is 1.56. The maximum absolute atomic E-state index is 15.4. The third-order valence-electron chi connectivity index (χ3n) is 7.48. The molecule has 0 aliphatic carbocycles. The Morgan fingerprint density at radius 3 is 2.54 bits per heavy atom. The number of hydrogen-bond acceptors (Lipinski definition) is 8. The fourth-order valence-electron chi connectivity index (χ4n) is 5.39. The van der Waals surface area contributed by atoms with Crippen molar-refractivity contribution < 1.29 is 18.6 Å². The van der Waals surface area contributed by atoms with Crippen LogP contribution >= 0.6 is 0 Å². The number of nitrogens with zero attached hydrogens (tertiary/aromatic N) is 6. The van der Waals surface area contributed by atoms with Gasteiger partial charge in [0, 0.05) is 37.0 Å². The first-order valence-corrected chi connectivity index (χ1v) is 12.3. The predicted molar refractivity (Wildman–Crippen MR) is 129 cm³/mol. The molecule has 1 aromatic carbocycles. The van der Waals surface area contributed by atoms with Crippen molar-refractivity contribution in [2.24, 2.45) is 0 Å². The van der Waals surface area contributed by atoms with E-state index in [1.165, 1.54) is 0 Å². The Labute approximate surface area is 203 Å². The summed E-state index contributed by atoms with van der Waals surface area (Å²) in [6.07, 6.45) is 1.71. The first-order valence-electron chi connectivity index (χ1n) is 12.3. The third-order valence-corrected chi connectivity index (χ3v) is 7.48.